The van der Waals surface area contributed by atoms with Crippen LogP contribution in [-0.4, -0.2) is 44.3 Å². The van der Waals surface area contributed by atoms with E-state index in [0.717, 1.165) is 31.1 Å². The van der Waals surface area contributed by atoms with Gasteiger partial charge in [-0.15, -0.1) is 0 Å². The summed E-state index contributed by atoms with van der Waals surface area (Å²) in [6.07, 6.45) is 0. The van der Waals surface area contributed by atoms with E-state index in [1.54, 1.807) is 14.2 Å². The number of rotatable bonds is 4. The first-order valence-electron chi connectivity index (χ1n) is 6.82. The van der Waals surface area contributed by atoms with Gasteiger partial charge in [0.25, 0.3) is 0 Å². The maximum absolute atomic E-state index is 5.36. The van der Waals surface area contributed by atoms with Crippen LogP contribution in [0.4, 0.5) is 0 Å². The van der Waals surface area contributed by atoms with E-state index in [1.807, 2.05) is 6.07 Å². The van der Waals surface area contributed by atoms with Crippen LogP contribution < -0.4 is 14.8 Å². The SMILES string of the molecule is COc1ccc(CN2CC(C)NCC2C)cc1OC. The van der Waals surface area contributed by atoms with E-state index in [-0.39, 0.29) is 0 Å². The predicted octanol–water partition coefficient (Wildman–Crippen LogP) is 1.89. The van der Waals surface area contributed by atoms with Crippen molar-refractivity contribution in [2.24, 2.45) is 0 Å². The molecule has 1 aliphatic rings. The molecule has 19 heavy (non-hydrogen) atoms. The van der Waals surface area contributed by atoms with E-state index in [9.17, 15) is 0 Å². The Labute approximate surface area is 115 Å². The Bertz CT molecular complexity index is 423. The van der Waals surface area contributed by atoms with Crippen LogP contribution >= 0.6 is 0 Å². The van der Waals surface area contributed by atoms with Gasteiger partial charge in [-0.25, -0.2) is 0 Å². The minimum atomic E-state index is 0.552. The zero-order valence-corrected chi connectivity index (χ0v) is 12.3. The van der Waals surface area contributed by atoms with Gasteiger partial charge < -0.3 is 14.8 Å². The number of piperazine rings is 1. The number of ether oxygens (including phenoxy) is 2. The van der Waals surface area contributed by atoms with Crippen LogP contribution in [0, 0.1) is 0 Å². The summed E-state index contributed by atoms with van der Waals surface area (Å²) in [5, 5.41) is 3.50. The molecule has 0 bridgehead atoms. The highest BCUT2D eigenvalue weighted by Crippen LogP contribution is 2.28. The van der Waals surface area contributed by atoms with Gasteiger partial charge in [0.05, 0.1) is 14.2 Å². The lowest BCUT2D eigenvalue weighted by Gasteiger charge is -2.37. The molecule has 2 rings (SSSR count). The van der Waals surface area contributed by atoms with E-state index in [0.29, 0.717) is 12.1 Å². The van der Waals surface area contributed by atoms with Crippen LogP contribution in [-0.2, 0) is 6.54 Å². The van der Waals surface area contributed by atoms with Crippen molar-refractivity contribution in [2.45, 2.75) is 32.5 Å². The molecule has 0 amide bonds. The summed E-state index contributed by atoms with van der Waals surface area (Å²) < 4.78 is 10.6. The lowest BCUT2D eigenvalue weighted by Crippen LogP contribution is -2.53. The minimum Gasteiger partial charge on any atom is -0.493 e. The summed E-state index contributed by atoms with van der Waals surface area (Å²) in [6, 6.07) is 7.27. The van der Waals surface area contributed by atoms with Crippen LogP contribution in [0.15, 0.2) is 18.2 Å². The summed E-state index contributed by atoms with van der Waals surface area (Å²) >= 11 is 0. The first-order valence-corrected chi connectivity index (χ1v) is 6.82. The van der Waals surface area contributed by atoms with Crippen LogP contribution in [0.2, 0.25) is 0 Å². The first kappa shape index (κ1) is 14.2. The zero-order chi connectivity index (χ0) is 13.8. The number of methoxy groups -OCH3 is 2. The molecule has 4 nitrogen and oxygen atoms in total. The fraction of sp³-hybridized carbons (Fsp3) is 0.600. The third-order valence-electron chi connectivity index (χ3n) is 3.73. The highest BCUT2D eigenvalue weighted by atomic mass is 16.5. The molecule has 2 unspecified atom stereocenters. The van der Waals surface area contributed by atoms with E-state index in [2.05, 4.69) is 36.2 Å². The Balaban J connectivity index is 2.09. The number of nitrogens with one attached hydrogen (secondary N) is 1. The van der Waals surface area contributed by atoms with Crippen molar-refractivity contribution in [1.82, 2.24) is 10.2 Å². The first-order chi connectivity index (χ1) is 9.13. The largest absolute Gasteiger partial charge is 0.493 e. The van der Waals surface area contributed by atoms with Gasteiger partial charge in [-0.05, 0) is 31.5 Å². The molecule has 0 spiro atoms. The number of benzene rings is 1. The van der Waals surface area contributed by atoms with E-state index >= 15 is 0 Å². The van der Waals surface area contributed by atoms with Gasteiger partial charge in [0, 0.05) is 31.7 Å². The standard InChI is InChI=1S/C15H24N2O2/c1-11-9-17(12(2)8-16-11)10-13-5-6-14(18-3)15(7-13)19-4/h5-7,11-12,16H,8-10H2,1-4H3. The van der Waals surface area contributed by atoms with Crippen molar-refractivity contribution in [1.29, 1.82) is 0 Å². The maximum Gasteiger partial charge on any atom is 0.161 e. The van der Waals surface area contributed by atoms with Gasteiger partial charge in [-0.2, -0.15) is 0 Å². The van der Waals surface area contributed by atoms with Crippen molar-refractivity contribution in [2.75, 3.05) is 27.3 Å². The van der Waals surface area contributed by atoms with Gasteiger partial charge in [0.2, 0.25) is 0 Å². The highest BCUT2D eigenvalue weighted by molar-refractivity contribution is 5.42. The van der Waals surface area contributed by atoms with Crippen LogP contribution in [0.3, 0.4) is 0 Å². The normalized spacial score (nSPS) is 24.2. The Morgan fingerprint density at radius 1 is 1.21 bits per heavy atom. The Morgan fingerprint density at radius 3 is 2.63 bits per heavy atom. The smallest absolute Gasteiger partial charge is 0.161 e. The van der Waals surface area contributed by atoms with Gasteiger partial charge >= 0.3 is 0 Å². The molecule has 1 aliphatic heterocycles. The third-order valence-corrected chi connectivity index (χ3v) is 3.73. The van der Waals surface area contributed by atoms with Gasteiger partial charge in [0.15, 0.2) is 11.5 Å². The summed E-state index contributed by atoms with van der Waals surface area (Å²) in [7, 11) is 3.34. The average Bonchev–Trinajstić information content (AvgIpc) is 2.42. The van der Waals surface area contributed by atoms with Crippen molar-refractivity contribution >= 4 is 0 Å². The second-order valence-electron chi connectivity index (χ2n) is 5.28. The van der Waals surface area contributed by atoms with Gasteiger partial charge in [0.1, 0.15) is 0 Å². The number of hydrogen-bond donors (Lipinski definition) is 1. The van der Waals surface area contributed by atoms with Crippen LogP contribution in [0.5, 0.6) is 11.5 Å². The average molecular weight is 264 g/mol. The fourth-order valence-corrected chi connectivity index (χ4v) is 2.53. The van der Waals surface area contributed by atoms with Crippen molar-refractivity contribution in [3.05, 3.63) is 23.8 Å². The van der Waals surface area contributed by atoms with Crippen molar-refractivity contribution in [3.63, 3.8) is 0 Å². The molecule has 1 N–H and O–H groups in total. The second kappa shape index (κ2) is 6.26. The molecule has 0 saturated carbocycles. The zero-order valence-electron chi connectivity index (χ0n) is 12.3. The predicted molar refractivity (Wildman–Crippen MR) is 76.9 cm³/mol. The highest BCUT2D eigenvalue weighted by Gasteiger charge is 2.22. The minimum absolute atomic E-state index is 0.552. The molecular formula is C15H24N2O2. The lowest BCUT2D eigenvalue weighted by atomic mass is 10.1. The molecule has 1 saturated heterocycles. The van der Waals surface area contributed by atoms with Crippen LogP contribution in [0.25, 0.3) is 0 Å². The fourth-order valence-electron chi connectivity index (χ4n) is 2.53. The monoisotopic (exact) mass is 264 g/mol. The molecule has 0 radical (unpaired) electrons. The quantitative estimate of drug-likeness (QED) is 0.900. The van der Waals surface area contributed by atoms with E-state index in [4.69, 9.17) is 9.47 Å². The number of nitrogens with zero attached hydrogens (tertiary/aromatic N) is 1. The third kappa shape index (κ3) is 3.39. The second-order valence-corrected chi connectivity index (χ2v) is 5.28. The summed E-state index contributed by atoms with van der Waals surface area (Å²) in [4.78, 5) is 2.50. The molecule has 2 atom stereocenters. The molecule has 0 aliphatic carbocycles. The van der Waals surface area contributed by atoms with Gasteiger partial charge in [-0.1, -0.05) is 6.07 Å². The Kier molecular flexibility index (Phi) is 4.66. The van der Waals surface area contributed by atoms with Gasteiger partial charge in [-0.3, -0.25) is 4.90 Å². The summed E-state index contributed by atoms with van der Waals surface area (Å²) in [5.41, 5.74) is 1.26. The summed E-state index contributed by atoms with van der Waals surface area (Å²) in [5.74, 6) is 1.59. The molecule has 0 aromatic heterocycles. The Morgan fingerprint density at radius 2 is 1.95 bits per heavy atom. The number of hydrogen-bond acceptors (Lipinski definition) is 4. The molecular weight excluding hydrogens is 240 g/mol. The summed E-state index contributed by atoms with van der Waals surface area (Å²) in [6.45, 7) is 7.57. The molecule has 106 valence electrons. The maximum atomic E-state index is 5.36. The molecule has 1 heterocycles. The van der Waals surface area contributed by atoms with E-state index < -0.39 is 0 Å². The van der Waals surface area contributed by atoms with Crippen LogP contribution in [0.1, 0.15) is 19.4 Å². The Hall–Kier alpha value is -1.26. The van der Waals surface area contributed by atoms with Crippen molar-refractivity contribution in [3.8, 4) is 11.5 Å². The lowest BCUT2D eigenvalue weighted by molar-refractivity contribution is 0.138. The van der Waals surface area contributed by atoms with Crippen molar-refractivity contribution < 1.29 is 9.47 Å². The topological polar surface area (TPSA) is 33.7 Å². The molecule has 1 aromatic carbocycles. The molecule has 1 fully saturated rings. The molecule has 1 aromatic rings. The van der Waals surface area contributed by atoms with E-state index in [1.165, 1.54) is 5.56 Å². The molecule has 4 heteroatoms.